The molecule has 6 heteroatoms. The molecule has 3 rings (SSSR count). The predicted octanol–water partition coefficient (Wildman–Crippen LogP) is 4.24. The molecule has 0 bridgehead atoms. The molecule has 0 saturated heterocycles. The number of methoxy groups -OCH3 is 1. The minimum atomic E-state index is -0.274. The molecule has 0 spiro atoms. The summed E-state index contributed by atoms with van der Waals surface area (Å²) in [7, 11) is 1.37. The zero-order chi connectivity index (χ0) is 17.6. The van der Waals surface area contributed by atoms with Crippen molar-refractivity contribution in [2.75, 3.05) is 7.11 Å². The lowest BCUT2D eigenvalue weighted by atomic mass is 10.1. The van der Waals surface area contributed by atoms with Crippen LogP contribution in [0.1, 0.15) is 11.3 Å². The summed E-state index contributed by atoms with van der Waals surface area (Å²) in [6.45, 7) is 0.341. The minimum Gasteiger partial charge on any atom is -0.487 e. The highest BCUT2D eigenvalue weighted by Gasteiger charge is 2.07. The highest BCUT2D eigenvalue weighted by atomic mass is 32.1. The third kappa shape index (κ3) is 4.64. The van der Waals surface area contributed by atoms with Crippen LogP contribution in [0.25, 0.3) is 10.6 Å². The molecule has 128 valence electrons. The molecule has 3 aromatic rings. The van der Waals surface area contributed by atoms with Crippen molar-refractivity contribution in [3.05, 3.63) is 71.0 Å². The number of nitrogens with zero attached hydrogens (tertiary/aromatic N) is 1. The summed E-state index contributed by atoms with van der Waals surface area (Å²) < 4.78 is 23.3. The highest BCUT2D eigenvalue weighted by molar-refractivity contribution is 7.13. The molecule has 25 heavy (non-hydrogen) atoms. The molecule has 0 amide bonds. The van der Waals surface area contributed by atoms with Crippen molar-refractivity contribution in [2.45, 2.75) is 13.0 Å². The van der Waals surface area contributed by atoms with Gasteiger partial charge in [-0.1, -0.05) is 12.1 Å². The molecule has 0 aliphatic heterocycles. The smallest absolute Gasteiger partial charge is 0.309 e. The van der Waals surface area contributed by atoms with Crippen LogP contribution in [-0.4, -0.2) is 18.1 Å². The van der Waals surface area contributed by atoms with Gasteiger partial charge in [0.2, 0.25) is 0 Å². The normalized spacial score (nSPS) is 10.5. The fraction of sp³-hybridized carbons (Fsp3) is 0.158. The number of esters is 1. The number of rotatable bonds is 6. The second-order valence-corrected chi connectivity index (χ2v) is 6.19. The third-order valence-electron chi connectivity index (χ3n) is 3.53. The number of carbonyl (C=O) groups is 1. The molecule has 0 atom stereocenters. The summed E-state index contributed by atoms with van der Waals surface area (Å²) in [5.74, 6) is 0.161. The maximum atomic E-state index is 13.0. The van der Waals surface area contributed by atoms with E-state index in [0.717, 1.165) is 21.8 Å². The third-order valence-corrected chi connectivity index (χ3v) is 4.47. The van der Waals surface area contributed by atoms with Gasteiger partial charge >= 0.3 is 5.97 Å². The maximum Gasteiger partial charge on any atom is 0.309 e. The average molecular weight is 357 g/mol. The maximum absolute atomic E-state index is 13.0. The van der Waals surface area contributed by atoms with Crippen LogP contribution >= 0.6 is 11.3 Å². The number of carbonyl (C=O) groups excluding carboxylic acids is 1. The number of ether oxygens (including phenoxy) is 2. The number of thiazole rings is 1. The summed E-state index contributed by atoms with van der Waals surface area (Å²) in [6.07, 6.45) is 0.240. The first-order valence-corrected chi connectivity index (χ1v) is 8.51. The molecule has 0 fully saturated rings. The van der Waals surface area contributed by atoms with Crippen LogP contribution in [0, 0.1) is 5.82 Å². The van der Waals surface area contributed by atoms with Crippen LogP contribution < -0.4 is 4.74 Å². The van der Waals surface area contributed by atoms with Crippen molar-refractivity contribution in [1.82, 2.24) is 4.98 Å². The summed E-state index contributed by atoms with van der Waals surface area (Å²) in [4.78, 5) is 15.7. The van der Waals surface area contributed by atoms with Gasteiger partial charge in [0.25, 0.3) is 0 Å². The molecule has 4 nitrogen and oxygen atoms in total. The van der Waals surface area contributed by atoms with Crippen molar-refractivity contribution < 1.29 is 18.7 Å². The Labute approximate surface area is 148 Å². The summed E-state index contributed by atoms with van der Waals surface area (Å²) in [6, 6.07) is 13.5. The van der Waals surface area contributed by atoms with E-state index in [4.69, 9.17) is 4.74 Å². The van der Waals surface area contributed by atoms with Crippen LogP contribution in [0.2, 0.25) is 0 Å². The highest BCUT2D eigenvalue weighted by Crippen LogP contribution is 2.24. The van der Waals surface area contributed by atoms with Crippen LogP contribution in [0.15, 0.2) is 53.9 Å². The summed E-state index contributed by atoms with van der Waals surface area (Å²) in [5.41, 5.74) is 2.55. The lowest BCUT2D eigenvalue weighted by Crippen LogP contribution is -2.04. The van der Waals surface area contributed by atoms with Crippen LogP contribution in [0.5, 0.6) is 5.75 Å². The van der Waals surface area contributed by atoms with Gasteiger partial charge in [-0.2, -0.15) is 0 Å². The first-order chi connectivity index (χ1) is 12.1. The van der Waals surface area contributed by atoms with Crippen molar-refractivity contribution in [1.29, 1.82) is 0 Å². The van der Waals surface area contributed by atoms with Gasteiger partial charge in [-0.3, -0.25) is 4.79 Å². The number of hydrogen-bond acceptors (Lipinski definition) is 5. The molecule has 0 aliphatic carbocycles. The number of hydrogen-bond donors (Lipinski definition) is 0. The van der Waals surface area contributed by atoms with E-state index in [-0.39, 0.29) is 18.2 Å². The van der Waals surface area contributed by atoms with E-state index in [2.05, 4.69) is 9.72 Å². The first-order valence-electron chi connectivity index (χ1n) is 7.63. The van der Waals surface area contributed by atoms with E-state index in [1.165, 1.54) is 30.6 Å². The zero-order valence-electron chi connectivity index (χ0n) is 13.6. The molecule has 0 unspecified atom stereocenters. The molecule has 1 aromatic heterocycles. The predicted molar refractivity (Wildman–Crippen MR) is 94.0 cm³/mol. The van der Waals surface area contributed by atoms with Gasteiger partial charge < -0.3 is 9.47 Å². The van der Waals surface area contributed by atoms with Gasteiger partial charge in [-0.05, 0) is 42.0 Å². The van der Waals surface area contributed by atoms with E-state index in [1.807, 2.05) is 29.6 Å². The molecule has 2 aromatic carbocycles. The molecule has 0 saturated carbocycles. The summed E-state index contributed by atoms with van der Waals surface area (Å²) in [5, 5.41) is 2.75. The largest absolute Gasteiger partial charge is 0.487 e. The number of aromatic nitrogens is 1. The Kier molecular flexibility index (Phi) is 5.40. The lowest BCUT2D eigenvalue weighted by molar-refractivity contribution is -0.139. The fourth-order valence-corrected chi connectivity index (χ4v) is 3.01. The quantitative estimate of drug-likeness (QED) is 0.619. The van der Waals surface area contributed by atoms with Crippen molar-refractivity contribution in [3.63, 3.8) is 0 Å². The topological polar surface area (TPSA) is 48.4 Å². The SMILES string of the molecule is COC(=O)Cc1ccc(OCc2csc(-c3ccc(F)cc3)n2)cc1. The summed E-state index contributed by atoms with van der Waals surface area (Å²) >= 11 is 1.49. The zero-order valence-corrected chi connectivity index (χ0v) is 14.4. The van der Waals surface area contributed by atoms with Gasteiger partial charge in [-0.15, -0.1) is 11.3 Å². The second kappa shape index (κ2) is 7.90. The van der Waals surface area contributed by atoms with Gasteiger partial charge in [0.15, 0.2) is 0 Å². The minimum absolute atomic E-state index is 0.240. The Balaban J connectivity index is 1.58. The van der Waals surface area contributed by atoms with Crippen LogP contribution in [-0.2, 0) is 22.6 Å². The first kappa shape index (κ1) is 17.1. The van der Waals surface area contributed by atoms with Gasteiger partial charge in [0.1, 0.15) is 23.2 Å². The monoisotopic (exact) mass is 357 g/mol. The van der Waals surface area contributed by atoms with Crippen molar-refractivity contribution in [3.8, 4) is 16.3 Å². The van der Waals surface area contributed by atoms with E-state index in [1.54, 1.807) is 12.1 Å². The van der Waals surface area contributed by atoms with E-state index in [0.29, 0.717) is 12.4 Å². The molecular weight excluding hydrogens is 341 g/mol. The van der Waals surface area contributed by atoms with E-state index >= 15 is 0 Å². The van der Waals surface area contributed by atoms with E-state index in [9.17, 15) is 9.18 Å². The Hall–Kier alpha value is -2.73. The van der Waals surface area contributed by atoms with Gasteiger partial charge in [-0.25, -0.2) is 9.37 Å². The van der Waals surface area contributed by atoms with Crippen molar-refractivity contribution in [2.24, 2.45) is 0 Å². The molecule has 0 radical (unpaired) electrons. The Morgan fingerprint density at radius 3 is 2.52 bits per heavy atom. The Bertz CT molecular complexity index is 844. The van der Waals surface area contributed by atoms with Crippen molar-refractivity contribution >= 4 is 17.3 Å². The molecular formula is C19H16FNO3S. The second-order valence-electron chi connectivity index (χ2n) is 5.34. The lowest BCUT2D eigenvalue weighted by Gasteiger charge is -2.05. The average Bonchev–Trinajstić information content (AvgIpc) is 3.10. The molecule has 1 heterocycles. The molecule has 0 aliphatic rings. The Morgan fingerprint density at radius 1 is 1.12 bits per heavy atom. The number of benzene rings is 2. The Morgan fingerprint density at radius 2 is 1.84 bits per heavy atom. The van der Waals surface area contributed by atoms with Gasteiger partial charge in [0, 0.05) is 10.9 Å². The fourth-order valence-electron chi connectivity index (χ4n) is 2.20. The van der Waals surface area contributed by atoms with Crippen LogP contribution in [0.3, 0.4) is 0 Å². The number of halogens is 1. The standard InChI is InChI=1S/C19H16FNO3S/c1-23-18(22)10-13-2-8-17(9-3-13)24-11-16-12-25-19(21-16)14-4-6-15(20)7-5-14/h2-9,12H,10-11H2,1H3. The molecule has 0 N–H and O–H groups in total. The van der Waals surface area contributed by atoms with Gasteiger partial charge in [0.05, 0.1) is 19.2 Å². The van der Waals surface area contributed by atoms with E-state index < -0.39 is 0 Å². The van der Waals surface area contributed by atoms with Crippen LogP contribution in [0.4, 0.5) is 4.39 Å².